The summed E-state index contributed by atoms with van der Waals surface area (Å²) in [5, 5.41) is 0. The first-order chi connectivity index (χ1) is 18.2. The van der Waals surface area contributed by atoms with Crippen LogP contribution in [0, 0.1) is 26.8 Å². The van der Waals surface area contributed by atoms with Crippen molar-refractivity contribution in [1.82, 2.24) is 4.48 Å². The summed E-state index contributed by atoms with van der Waals surface area (Å²) in [6, 6.07) is 31.1. The first kappa shape index (κ1) is 27.3. The topological polar surface area (TPSA) is 49.7 Å². The van der Waals surface area contributed by atoms with Crippen LogP contribution in [0.4, 0.5) is 11.4 Å². The summed E-state index contributed by atoms with van der Waals surface area (Å²) in [6.07, 6.45) is 1.60. The van der Waals surface area contributed by atoms with Crippen molar-refractivity contribution in [2.24, 2.45) is 4.40 Å². The van der Waals surface area contributed by atoms with Crippen molar-refractivity contribution >= 4 is 27.6 Å². The fraction of sp³-hybridized carbons (Fsp3) is 0.188. The summed E-state index contributed by atoms with van der Waals surface area (Å²) in [5.74, 6) is 0. The Bertz CT molecular complexity index is 1650. The number of fused-ring (bicyclic) bond motifs is 6. The molecular weight excluding hydrogens is 593 g/mol. The number of anilines is 1. The number of rotatable bonds is 5. The number of sulfonamides is 1. The first-order valence-electron chi connectivity index (χ1n) is 12.9. The van der Waals surface area contributed by atoms with Crippen molar-refractivity contribution in [3.63, 3.8) is 0 Å². The van der Waals surface area contributed by atoms with Crippen LogP contribution in [0.1, 0.15) is 33.4 Å². The van der Waals surface area contributed by atoms with Gasteiger partial charge in [-0.3, -0.25) is 4.48 Å². The molecule has 2 bridgehead atoms. The summed E-state index contributed by atoms with van der Waals surface area (Å²) in [4.78, 5) is 2.62. The van der Waals surface area contributed by atoms with Gasteiger partial charge < -0.3 is 4.90 Å². The molecule has 2 aliphatic heterocycles. The third kappa shape index (κ3) is 4.95. The normalized spacial score (nSPS) is 17.8. The summed E-state index contributed by atoms with van der Waals surface area (Å²) < 4.78 is 31.4. The van der Waals surface area contributed by atoms with Gasteiger partial charge in [0.15, 0.2) is 6.67 Å². The molecule has 2 heterocycles. The third-order valence-electron chi connectivity index (χ3n) is 7.65. The molecule has 0 N–H and O–H groups in total. The summed E-state index contributed by atoms with van der Waals surface area (Å²) in [7, 11) is -3.88. The van der Waals surface area contributed by atoms with Crippen LogP contribution >= 0.6 is 0 Å². The van der Waals surface area contributed by atoms with E-state index in [9.17, 15) is 8.42 Å². The van der Waals surface area contributed by atoms with E-state index in [2.05, 4.69) is 59.5 Å². The zero-order valence-corrected chi connectivity index (χ0v) is 24.7. The van der Waals surface area contributed by atoms with E-state index in [4.69, 9.17) is 0 Å². The molecule has 0 aromatic heterocycles. The van der Waals surface area contributed by atoms with Crippen LogP contribution in [0.3, 0.4) is 0 Å². The van der Waals surface area contributed by atoms with E-state index < -0.39 is 10.0 Å². The maximum atomic E-state index is 13.3. The quantitative estimate of drug-likeness (QED) is 0.111. The van der Waals surface area contributed by atoms with Crippen molar-refractivity contribution in [1.29, 1.82) is 0 Å². The Labute approximate surface area is 244 Å². The molecule has 0 saturated carbocycles. The molecule has 7 heteroatoms. The van der Waals surface area contributed by atoms with Crippen LogP contribution in [0.15, 0.2) is 100 Å². The van der Waals surface area contributed by atoms with Gasteiger partial charge in [0.1, 0.15) is 12.2 Å². The van der Waals surface area contributed by atoms with Gasteiger partial charge in [0, 0.05) is 36.8 Å². The Kier molecular flexibility index (Phi) is 7.27. The minimum absolute atomic E-state index is 0. The molecule has 5 nitrogen and oxygen atoms in total. The zero-order chi connectivity index (χ0) is 26.5. The number of nitrogens with zero attached hydrogens (tertiary/aromatic N) is 3. The molecule has 6 rings (SSSR count). The standard InChI is InChI=1S/C32H31N3O2S.Rh/c1-23-9-13-29(14-10-23)38(36,37)33-19-32(26-7-5-4-6-8-26)35-21-28-18-24(2)11-15-30(28)34(22-35)20-27-17-25(3)12-16-31(27)35;/h4-19H,20-22H2,1-3H3;/b33-19+;. The predicted molar refractivity (Wildman–Crippen MR) is 155 cm³/mol. The van der Waals surface area contributed by atoms with E-state index in [0.717, 1.165) is 23.7 Å². The number of hydrogen-bond donors (Lipinski definition) is 0. The number of quaternary nitrogens is 1. The first-order valence-corrected chi connectivity index (χ1v) is 14.3. The molecule has 201 valence electrons. The molecule has 0 spiro atoms. The number of benzene rings is 4. The van der Waals surface area contributed by atoms with Gasteiger partial charge in [0.05, 0.1) is 23.2 Å². The molecule has 39 heavy (non-hydrogen) atoms. The van der Waals surface area contributed by atoms with Gasteiger partial charge >= 0.3 is 0 Å². The largest absolute Gasteiger partial charge is 0.320 e. The van der Waals surface area contributed by atoms with E-state index in [1.807, 2.05) is 37.3 Å². The molecule has 1 unspecified atom stereocenters. The maximum Gasteiger partial charge on any atom is 0.281 e. The second kappa shape index (κ2) is 10.4. The van der Waals surface area contributed by atoms with Crippen LogP contribution in [0.2, 0.25) is 0 Å². The number of hydrogen-bond acceptors (Lipinski definition) is 3. The Morgan fingerprint density at radius 2 is 1.46 bits per heavy atom. The fourth-order valence-electron chi connectivity index (χ4n) is 5.84. The average molecular weight is 625 g/mol. The van der Waals surface area contributed by atoms with E-state index in [1.165, 1.54) is 33.6 Å². The van der Waals surface area contributed by atoms with Gasteiger partial charge in [0.25, 0.3) is 10.0 Å². The van der Waals surface area contributed by atoms with Gasteiger partial charge in [-0.05, 0) is 57.2 Å². The third-order valence-corrected chi connectivity index (χ3v) is 8.90. The van der Waals surface area contributed by atoms with E-state index in [-0.39, 0.29) is 24.4 Å². The van der Waals surface area contributed by atoms with Gasteiger partial charge in [-0.1, -0.05) is 47.0 Å². The van der Waals surface area contributed by atoms with Crippen LogP contribution in [-0.4, -0.2) is 21.3 Å². The molecular formula is C32H31N3O2RhS. The van der Waals surface area contributed by atoms with Crippen LogP contribution in [0.5, 0.6) is 0 Å². The van der Waals surface area contributed by atoms with E-state index in [1.54, 1.807) is 30.5 Å². The van der Waals surface area contributed by atoms with Crippen molar-refractivity contribution in [2.75, 3.05) is 11.6 Å². The minimum atomic E-state index is -3.88. The Morgan fingerprint density at radius 3 is 2.18 bits per heavy atom. The van der Waals surface area contributed by atoms with Crippen LogP contribution in [-0.2, 0) is 42.6 Å². The zero-order valence-electron chi connectivity index (χ0n) is 22.3. The molecule has 4 aromatic rings. The molecule has 1 atom stereocenters. The smallest absolute Gasteiger partial charge is 0.281 e. The van der Waals surface area contributed by atoms with E-state index in [0.29, 0.717) is 17.7 Å². The van der Waals surface area contributed by atoms with Crippen molar-refractivity contribution in [3.8, 4) is 0 Å². The SMILES string of the molecule is Cc1ccc(S(=O)(=O)/N=C/[C-](c2ccccc2)[N+]23Cc4cc(C)ccc4N(Cc4cc(C)ccc42)C3)cc1.[Rh]. The summed E-state index contributed by atoms with van der Waals surface area (Å²) in [6.45, 7) is 8.41. The van der Waals surface area contributed by atoms with Crippen LogP contribution in [0.25, 0.3) is 0 Å². The molecule has 4 aromatic carbocycles. The average Bonchev–Trinajstić information content (AvgIpc) is 2.89. The van der Waals surface area contributed by atoms with Gasteiger partial charge in [-0.25, -0.2) is 0 Å². The van der Waals surface area contributed by atoms with Gasteiger partial charge in [-0.15, -0.1) is 17.7 Å². The van der Waals surface area contributed by atoms with Gasteiger partial charge in [-0.2, -0.15) is 24.9 Å². The summed E-state index contributed by atoms with van der Waals surface area (Å²) >= 11 is 0. The molecule has 0 saturated heterocycles. The van der Waals surface area contributed by atoms with E-state index >= 15 is 0 Å². The minimum Gasteiger partial charge on any atom is -0.320 e. The van der Waals surface area contributed by atoms with Gasteiger partial charge in [0.2, 0.25) is 0 Å². The predicted octanol–water partition coefficient (Wildman–Crippen LogP) is 6.45. The Balaban J connectivity index is 0.00000308. The Hall–Kier alpha value is -3.25. The van der Waals surface area contributed by atoms with Crippen molar-refractivity contribution in [2.45, 2.75) is 38.8 Å². The summed E-state index contributed by atoms with van der Waals surface area (Å²) in [5.41, 5.74) is 9.34. The second-order valence-corrected chi connectivity index (χ2v) is 12.1. The molecule has 0 amide bonds. The molecule has 0 fully saturated rings. The maximum absolute atomic E-state index is 13.3. The van der Waals surface area contributed by atoms with Crippen molar-refractivity contribution < 1.29 is 27.9 Å². The number of aryl methyl sites for hydroxylation is 3. The second-order valence-electron chi connectivity index (χ2n) is 10.5. The molecule has 2 aliphatic rings. The monoisotopic (exact) mass is 624 g/mol. The van der Waals surface area contributed by atoms with Crippen molar-refractivity contribution in [3.05, 3.63) is 130 Å². The van der Waals surface area contributed by atoms with Crippen LogP contribution < -0.4 is 9.38 Å². The molecule has 0 aliphatic carbocycles. The fourth-order valence-corrected chi connectivity index (χ4v) is 6.68. The molecule has 1 radical (unpaired) electrons. The Morgan fingerprint density at radius 1 is 0.821 bits per heavy atom.